The van der Waals surface area contributed by atoms with Crippen molar-refractivity contribution in [1.82, 2.24) is 10.3 Å². The van der Waals surface area contributed by atoms with Crippen molar-refractivity contribution in [2.24, 2.45) is 0 Å². The maximum absolute atomic E-state index is 3.26. The predicted molar refractivity (Wildman–Crippen MR) is 47.6 cm³/mol. The summed E-state index contributed by atoms with van der Waals surface area (Å²) in [7, 11) is 1.99. The Hall–Kier alpha value is -0.760. The molecule has 11 heavy (non-hydrogen) atoms. The summed E-state index contributed by atoms with van der Waals surface area (Å²) in [5, 5.41) is 3.26. The van der Waals surface area contributed by atoms with Crippen LogP contribution in [-0.4, -0.2) is 17.6 Å². The number of nitrogens with one attached hydrogen (secondary N) is 2. The molecule has 1 rings (SSSR count). The Bertz CT molecular complexity index is 199. The first-order valence-corrected chi connectivity index (χ1v) is 3.95. The Morgan fingerprint density at radius 1 is 1.55 bits per heavy atom. The average molecular weight is 152 g/mol. The van der Waals surface area contributed by atoms with E-state index in [0.29, 0.717) is 0 Å². The van der Waals surface area contributed by atoms with Gasteiger partial charge >= 0.3 is 0 Å². The van der Waals surface area contributed by atoms with Crippen LogP contribution in [0.4, 0.5) is 0 Å². The third kappa shape index (κ3) is 2.39. The minimum absolute atomic E-state index is 0.185. The second-order valence-corrected chi connectivity index (χ2v) is 3.51. The van der Waals surface area contributed by atoms with Gasteiger partial charge in [0, 0.05) is 23.9 Å². The summed E-state index contributed by atoms with van der Waals surface area (Å²) in [6, 6.07) is 4.14. The number of aromatic amines is 1. The van der Waals surface area contributed by atoms with E-state index in [1.54, 1.807) is 0 Å². The molecule has 0 aromatic carbocycles. The Morgan fingerprint density at radius 3 is 2.73 bits per heavy atom. The van der Waals surface area contributed by atoms with Crippen LogP contribution in [0.5, 0.6) is 0 Å². The SMILES string of the molecule is CNC(C)(C)Cc1ccc[nH]1. The zero-order valence-electron chi connectivity index (χ0n) is 7.44. The maximum Gasteiger partial charge on any atom is 0.0176 e. The monoisotopic (exact) mass is 152 g/mol. The molecule has 0 unspecified atom stereocenters. The van der Waals surface area contributed by atoms with Gasteiger partial charge in [0.25, 0.3) is 0 Å². The van der Waals surface area contributed by atoms with Crippen molar-refractivity contribution in [3.63, 3.8) is 0 Å². The van der Waals surface area contributed by atoms with E-state index in [9.17, 15) is 0 Å². The van der Waals surface area contributed by atoms with Gasteiger partial charge in [0.05, 0.1) is 0 Å². The molecular formula is C9H16N2. The molecule has 0 spiro atoms. The average Bonchev–Trinajstić information content (AvgIpc) is 2.39. The van der Waals surface area contributed by atoms with E-state index in [2.05, 4.69) is 30.2 Å². The van der Waals surface area contributed by atoms with E-state index >= 15 is 0 Å². The van der Waals surface area contributed by atoms with Crippen LogP contribution in [0.25, 0.3) is 0 Å². The van der Waals surface area contributed by atoms with Gasteiger partial charge in [0.1, 0.15) is 0 Å². The van der Waals surface area contributed by atoms with Gasteiger partial charge in [-0.3, -0.25) is 0 Å². The predicted octanol–water partition coefficient (Wildman–Crippen LogP) is 1.56. The van der Waals surface area contributed by atoms with Gasteiger partial charge in [-0.1, -0.05) is 0 Å². The molecule has 62 valence electrons. The van der Waals surface area contributed by atoms with Crippen molar-refractivity contribution in [3.8, 4) is 0 Å². The van der Waals surface area contributed by atoms with E-state index in [-0.39, 0.29) is 5.54 Å². The smallest absolute Gasteiger partial charge is 0.0176 e. The van der Waals surface area contributed by atoms with Gasteiger partial charge < -0.3 is 10.3 Å². The van der Waals surface area contributed by atoms with Gasteiger partial charge in [-0.15, -0.1) is 0 Å². The van der Waals surface area contributed by atoms with Crippen LogP contribution in [-0.2, 0) is 6.42 Å². The number of rotatable bonds is 3. The molecule has 1 aromatic rings. The molecule has 2 nitrogen and oxygen atoms in total. The number of H-pyrrole nitrogens is 1. The fourth-order valence-electron chi connectivity index (χ4n) is 1.04. The number of hydrogen-bond acceptors (Lipinski definition) is 1. The molecule has 0 fully saturated rings. The van der Waals surface area contributed by atoms with Gasteiger partial charge in [0.2, 0.25) is 0 Å². The lowest BCUT2D eigenvalue weighted by molar-refractivity contribution is 0.418. The van der Waals surface area contributed by atoms with E-state index in [4.69, 9.17) is 0 Å². The Labute approximate surface area is 68.0 Å². The highest BCUT2D eigenvalue weighted by Crippen LogP contribution is 2.09. The van der Waals surface area contributed by atoms with Gasteiger partial charge in [-0.25, -0.2) is 0 Å². The Kier molecular flexibility index (Phi) is 2.35. The van der Waals surface area contributed by atoms with Crippen molar-refractivity contribution in [3.05, 3.63) is 24.0 Å². The van der Waals surface area contributed by atoms with E-state index in [1.807, 2.05) is 19.3 Å². The molecule has 0 aliphatic heterocycles. The topological polar surface area (TPSA) is 27.8 Å². The fraction of sp³-hybridized carbons (Fsp3) is 0.556. The highest BCUT2D eigenvalue weighted by molar-refractivity contribution is 5.07. The highest BCUT2D eigenvalue weighted by Gasteiger charge is 2.14. The summed E-state index contributed by atoms with van der Waals surface area (Å²) < 4.78 is 0. The van der Waals surface area contributed by atoms with E-state index in [0.717, 1.165) is 6.42 Å². The minimum atomic E-state index is 0.185. The standard InChI is InChI=1S/C9H16N2/c1-9(2,10-3)7-8-5-4-6-11-8/h4-6,10-11H,7H2,1-3H3. The Balaban J connectivity index is 2.56. The van der Waals surface area contributed by atoms with Crippen molar-refractivity contribution in [1.29, 1.82) is 0 Å². The fourth-order valence-corrected chi connectivity index (χ4v) is 1.04. The molecule has 0 amide bonds. The quantitative estimate of drug-likeness (QED) is 0.675. The highest BCUT2D eigenvalue weighted by atomic mass is 14.9. The first kappa shape index (κ1) is 8.34. The van der Waals surface area contributed by atoms with Crippen molar-refractivity contribution in [2.75, 3.05) is 7.05 Å². The summed E-state index contributed by atoms with van der Waals surface area (Å²) in [5.74, 6) is 0. The van der Waals surface area contributed by atoms with Crippen molar-refractivity contribution in [2.45, 2.75) is 25.8 Å². The molecule has 0 saturated heterocycles. The third-order valence-electron chi connectivity index (χ3n) is 1.97. The first-order chi connectivity index (χ1) is 5.14. The summed E-state index contributed by atoms with van der Waals surface area (Å²) in [6.07, 6.45) is 3.00. The molecule has 0 radical (unpaired) electrons. The normalized spacial score (nSPS) is 11.9. The zero-order chi connectivity index (χ0) is 8.32. The Morgan fingerprint density at radius 2 is 2.27 bits per heavy atom. The first-order valence-electron chi connectivity index (χ1n) is 3.95. The molecule has 0 aliphatic carbocycles. The molecule has 0 saturated carbocycles. The molecule has 0 bridgehead atoms. The number of aromatic nitrogens is 1. The molecule has 2 N–H and O–H groups in total. The number of likely N-dealkylation sites (N-methyl/N-ethyl adjacent to an activating group) is 1. The minimum Gasteiger partial charge on any atom is -0.365 e. The molecular weight excluding hydrogens is 136 g/mol. The van der Waals surface area contributed by atoms with Crippen LogP contribution in [0.2, 0.25) is 0 Å². The van der Waals surface area contributed by atoms with Crippen LogP contribution in [0.15, 0.2) is 18.3 Å². The van der Waals surface area contributed by atoms with Crippen LogP contribution >= 0.6 is 0 Å². The molecule has 1 aromatic heterocycles. The molecule has 0 aliphatic rings. The molecule has 1 heterocycles. The van der Waals surface area contributed by atoms with Gasteiger partial charge in [-0.05, 0) is 33.0 Å². The zero-order valence-corrected chi connectivity index (χ0v) is 7.44. The maximum atomic E-state index is 3.26. The summed E-state index contributed by atoms with van der Waals surface area (Å²) in [5.41, 5.74) is 1.47. The van der Waals surface area contributed by atoms with Crippen LogP contribution < -0.4 is 5.32 Å². The van der Waals surface area contributed by atoms with Crippen molar-refractivity contribution >= 4 is 0 Å². The molecule has 0 atom stereocenters. The third-order valence-corrected chi connectivity index (χ3v) is 1.97. The van der Waals surface area contributed by atoms with Crippen LogP contribution in [0, 0.1) is 0 Å². The van der Waals surface area contributed by atoms with Crippen LogP contribution in [0.3, 0.4) is 0 Å². The molecule has 2 heteroatoms. The lowest BCUT2D eigenvalue weighted by Crippen LogP contribution is -2.38. The van der Waals surface area contributed by atoms with Crippen LogP contribution in [0.1, 0.15) is 19.5 Å². The van der Waals surface area contributed by atoms with Gasteiger partial charge in [-0.2, -0.15) is 0 Å². The summed E-state index contributed by atoms with van der Waals surface area (Å²) in [4.78, 5) is 3.19. The lowest BCUT2D eigenvalue weighted by atomic mass is 9.99. The summed E-state index contributed by atoms with van der Waals surface area (Å²) in [6.45, 7) is 4.38. The second-order valence-electron chi connectivity index (χ2n) is 3.51. The van der Waals surface area contributed by atoms with Gasteiger partial charge in [0.15, 0.2) is 0 Å². The lowest BCUT2D eigenvalue weighted by Gasteiger charge is -2.22. The van der Waals surface area contributed by atoms with E-state index < -0.39 is 0 Å². The summed E-state index contributed by atoms with van der Waals surface area (Å²) >= 11 is 0. The van der Waals surface area contributed by atoms with Crippen molar-refractivity contribution < 1.29 is 0 Å². The number of hydrogen-bond donors (Lipinski definition) is 2. The largest absolute Gasteiger partial charge is 0.365 e. The van der Waals surface area contributed by atoms with E-state index in [1.165, 1.54) is 5.69 Å². The second kappa shape index (κ2) is 3.09.